The van der Waals surface area contributed by atoms with Gasteiger partial charge in [-0.1, -0.05) is 30.3 Å². The Labute approximate surface area is 99.0 Å². The minimum Gasteiger partial charge on any atom is -0.273 e. The summed E-state index contributed by atoms with van der Waals surface area (Å²) in [5.74, 6) is 0.660. The maximum absolute atomic E-state index is 11.3. The highest BCUT2D eigenvalue weighted by Gasteiger charge is 2.29. The smallest absolute Gasteiger partial charge is 0.239 e. The minimum absolute atomic E-state index is 0.0527. The van der Waals surface area contributed by atoms with Crippen molar-refractivity contribution in [1.29, 1.82) is 0 Å². The second kappa shape index (κ2) is 5.16. The van der Waals surface area contributed by atoms with Gasteiger partial charge in [0, 0.05) is 18.6 Å². The van der Waals surface area contributed by atoms with Crippen molar-refractivity contribution in [1.82, 2.24) is 4.31 Å². The first-order valence-corrected chi connectivity index (χ1v) is 6.24. The zero-order valence-corrected chi connectivity index (χ0v) is 9.70. The number of rotatable bonds is 4. The molecule has 0 aliphatic carbocycles. The third kappa shape index (κ3) is 2.64. The van der Waals surface area contributed by atoms with E-state index in [0.717, 1.165) is 12.2 Å². The van der Waals surface area contributed by atoms with Gasteiger partial charge in [-0.3, -0.25) is 9.59 Å². The molecule has 3 nitrogen and oxygen atoms in total. The summed E-state index contributed by atoms with van der Waals surface area (Å²) in [4.78, 5) is 22.6. The van der Waals surface area contributed by atoms with E-state index in [1.807, 2.05) is 30.3 Å². The van der Waals surface area contributed by atoms with Crippen molar-refractivity contribution in [2.75, 3.05) is 5.75 Å². The molecule has 1 aromatic carbocycles. The Hall–Kier alpha value is -1.29. The molecule has 1 aliphatic rings. The number of carbonyl (C=O) groups is 2. The Bertz CT molecular complexity index is 375. The van der Waals surface area contributed by atoms with Crippen LogP contribution in [0.2, 0.25) is 0 Å². The summed E-state index contributed by atoms with van der Waals surface area (Å²) in [7, 11) is 0. The topological polar surface area (TPSA) is 37.4 Å². The zero-order chi connectivity index (χ0) is 11.4. The first-order chi connectivity index (χ1) is 7.77. The Morgan fingerprint density at radius 3 is 2.31 bits per heavy atom. The number of benzene rings is 1. The summed E-state index contributed by atoms with van der Waals surface area (Å²) in [6.45, 7) is 0. The van der Waals surface area contributed by atoms with Crippen molar-refractivity contribution in [2.24, 2.45) is 0 Å². The van der Waals surface area contributed by atoms with Gasteiger partial charge in [0.15, 0.2) is 0 Å². The number of imide groups is 1. The lowest BCUT2D eigenvalue weighted by Crippen LogP contribution is -2.22. The molecule has 84 valence electrons. The van der Waals surface area contributed by atoms with E-state index in [1.165, 1.54) is 21.8 Å². The Morgan fingerprint density at radius 2 is 1.69 bits per heavy atom. The third-order valence-electron chi connectivity index (χ3n) is 2.46. The van der Waals surface area contributed by atoms with Gasteiger partial charge < -0.3 is 0 Å². The van der Waals surface area contributed by atoms with Crippen LogP contribution in [-0.2, 0) is 16.0 Å². The molecule has 1 aromatic rings. The maximum atomic E-state index is 11.3. The monoisotopic (exact) mass is 235 g/mol. The van der Waals surface area contributed by atoms with Gasteiger partial charge in [-0.05, 0) is 23.9 Å². The van der Waals surface area contributed by atoms with E-state index in [0.29, 0.717) is 12.8 Å². The van der Waals surface area contributed by atoms with Crippen LogP contribution >= 0.6 is 11.9 Å². The SMILES string of the molecule is O=C1CCC(=O)N1SCCc1ccccc1. The van der Waals surface area contributed by atoms with Crippen LogP contribution in [0.4, 0.5) is 0 Å². The lowest BCUT2D eigenvalue weighted by Gasteiger charge is -2.11. The van der Waals surface area contributed by atoms with E-state index in [2.05, 4.69) is 0 Å². The fourth-order valence-corrected chi connectivity index (χ4v) is 2.58. The van der Waals surface area contributed by atoms with Gasteiger partial charge in [-0.2, -0.15) is 0 Å². The molecule has 2 amide bonds. The van der Waals surface area contributed by atoms with Gasteiger partial charge in [0.25, 0.3) is 0 Å². The van der Waals surface area contributed by atoms with E-state index in [1.54, 1.807) is 0 Å². The molecular weight excluding hydrogens is 222 g/mol. The highest BCUT2D eigenvalue weighted by Crippen LogP contribution is 2.21. The highest BCUT2D eigenvalue weighted by atomic mass is 32.2. The molecule has 2 rings (SSSR count). The van der Waals surface area contributed by atoms with Gasteiger partial charge in [0.1, 0.15) is 0 Å². The molecule has 0 N–H and O–H groups in total. The first-order valence-electron chi connectivity index (χ1n) is 5.30. The van der Waals surface area contributed by atoms with E-state index < -0.39 is 0 Å². The minimum atomic E-state index is -0.0527. The molecule has 0 aromatic heterocycles. The molecule has 0 radical (unpaired) electrons. The van der Waals surface area contributed by atoms with Crippen molar-refractivity contribution < 1.29 is 9.59 Å². The summed E-state index contributed by atoms with van der Waals surface area (Å²) in [5.41, 5.74) is 1.23. The number of amides is 2. The number of carbonyl (C=O) groups excluding carboxylic acids is 2. The summed E-state index contributed by atoms with van der Waals surface area (Å²) in [6, 6.07) is 10.1. The van der Waals surface area contributed by atoms with Crippen LogP contribution < -0.4 is 0 Å². The molecule has 0 bridgehead atoms. The molecule has 16 heavy (non-hydrogen) atoms. The predicted octanol–water partition coefficient (Wildman–Crippen LogP) is 2.03. The average Bonchev–Trinajstić information content (AvgIpc) is 2.62. The standard InChI is InChI=1S/C12H13NO2S/c14-11-6-7-12(15)13(11)16-9-8-10-4-2-1-3-5-10/h1-5H,6-9H2. The lowest BCUT2D eigenvalue weighted by atomic mass is 10.2. The third-order valence-corrected chi connectivity index (χ3v) is 3.51. The van der Waals surface area contributed by atoms with Crippen LogP contribution in [0.5, 0.6) is 0 Å². The molecule has 1 heterocycles. The van der Waals surface area contributed by atoms with Gasteiger partial charge in [0.2, 0.25) is 11.8 Å². The van der Waals surface area contributed by atoms with Crippen molar-refractivity contribution in [3.8, 4) is 0 Å². The van der Waals surface area contributed by atoms with Gasteiger partial charge in [0.05, 0.1) is 0 Å². The van der Waals surface area contributed by atoms with Crippen molar-refractivity contribution in [3.63, 3.8) is 0 Å². The molecule has 1 aliphatic heterocycles. The number of aryl methyl sites for hydroxylation is 1. The van der Waals surface area contributed by atoms with Crippen LogP contribution in [0.3, 0.4) is 0 Å². The molecule has 0 unspecified atom stereocenters. The molecule has 0 saturated carbocycles. The molecule has 1 saturated heterocycles. The van der Waals surface area contributed by atoms with Crippen molar-refractivity contribution in [3.05, 3.63) is 35.9 Å². The quantitative estimate of drug-likeness (QED) is 0.592. The van der Waals surface area contributed by atoms with Crippen LogP contribution in [0.25, 0.3) is 0 Å². The molecule has 1 fully saturated rings. The van der Waals surface area contributed by atoms with Crippen LogP contribution in [0, 0.1) is 0 Å². The van der Waals surface area contributed by atoms with E-state index in [-0.39, 0.29) is 11.8 Å². The summed E-state index contributed by atoms with van der Waals surface area (Å²) < 4.78 is 1.31. The largest absolute Gasteiger partial charge is 0.273 e. The Morgan fingerprint density at radius 1 is 1.06 bits per heavy atom. The van der Waals surface area contributed by atoms with Crippen molar-refractivity contribution >= 4 is 23.8 Å². The normalized spacial score (nSPS) is 15.9. The average molecular weight is 235 g/mol. The second-order valence-electron chi connectivity index (χ2n) is 3.65. The number of hydrogen-bond acceptors (Lipinski definition) is 3. The Kier molecular flexibility index (Phi) is 3.62. The Balaban J connectivity index is 1.80. The summed E-state index contributed by atoms with van der Waals surface area (Å²) in [6.07, 6.45) is 1.62. The molecule has 0 atom stereocenters. The second-order valence-corrected chi connectivity index (χ2v) is 4.68. The maximum Gasteiger partial charge on any atom is 0.239 e. The zero-order valence-electron chi connectivity index (χ0n) is 8.89. The molecule has 4 heteroatoms. The fraction of sp³-hybridized carbons (Fsp3) is 0.333. The summed E-state index contributed by atoms with van der Waals surface area (Å²) >= 11 is 1.33. The lowest BCUT2D eigenvalue weighted by molar-refractivity contribution is -0.131. The molecular formula is C12H13NO2S. The van der Waals surface area contributed by atoms with E-state index in [4.69, 9.17) is 0 Å². The van der Waals surface area contributed by atoms with Gasteiger partial charge in [-0.25, -0.2) is 4.31 Å². The predicted molar refractivity (Wildman–Crippen MR) is 63.7 cm³/mol. The number of nitrogens with zero attached hydrogens (tertiary/aromatic N) is 1. The van der Waals surface area contributed by atoms with Crippen LogP contribution in [0.15, 0.2) is 30.3 Å². The van der Waals surface area contributed by atoms with Gasteiger partial charge >= 0.3 is 0 Å². The van der Waals surface area contributed by atoms with E-state index in [9.17, 15) is 9.59 Å². The number of hydrogen-bond donors (Lipinski definition) is 0. The van der Waals surface area contributed by atoms with Crippen LogP contribution in [0.1, 0.15) is 18.4 Å². The fourth-order valence-electron chi connectivity index (χ4n) is 1.60. The van der Waals surface area contributed by atoms with E-state index >= 15 is 0 Å². The molecule has 0 spiro atoms. The van der Waals surface area contributed by atoms with Gasteiger partial charge in [-0.15, -0.1) is 0 Å². The highest BCUT2D eigenvalue weighted by molar-refractivity contribution is 7.98. The van der Waals surface area contributed by atoms with Crippen molar-refractivity contribution in [2.45, 2.75) is 19.3 Å². The summed E-state index contributed by atoms with van der Waals surface area (Å²) in [5, 5.41) is 0. The first kappa shape index (κ1) is 11.2. The van der Waals surface area contributed by atoms with Crippen LogP contribution in [-0.4, -0.2) is 21.9 Å².